The van der Waals surface area contributed by atoms with Crippen molar-refractivity contribution in [1.82, 2.24) is 10.2 Å². The number of nitrogens with one attached hydrogen (secondary N) is 2. The topological polar surface area (TPSA) is 87.5 Å². The summed E-state index contributed by atoms with van der Waals surface area (Å²) in [4.78, 5) is 26.4. The smallest absolute Gasteiger partial charge is 0.319 e. The summed E-state index contributed by atoms with van der Waals surface area (Å²) in [5.74, 6) is -0.319. The van der Waals surface area contributed by atoms with Gasteiger partial charge in [-0.1, -0.05) is 30.3 Å². The molecule has 1 aliphatic heterocycles. The number of hydrogen-bond donors (Lipinski definition) is 3. The fourth-order valence-corrected chi connectivity index (χ4v) is 3.29. The van der Waals surface area contributed by atoms with E-state index in [4.69, 9.17) is 5.73 Å². The van der Waals surface area contributed by atoms with Gasteiger partial charge in [-0.3, -0.25) is 4.79 Å². The van der Waals surface area contributed by atoms with Gasteiger partial charge < -0.3 is 21.3 Å². The molecule has 28 heavy (non-hydrogen) atoms. The largest absolute Gasteiger partial charge is 0.342 e. The van der Waals surface area contributed by atoms with Gasteiger partial charge >= 0.3 is 6.03 Å². The van der Waals surface area contributed by atoms with E-state index in [1.807, 2.05) is 30.3 Å². The lowest BCUT2D eigenvalue weighted by atomic mass is 10.0. The summed E-state index contributed by atoms with van der Waals surface area (Å²) >= 11 is 0. The number of halogens is 1. The molecule has 0 radical (unpaired) electrons. The van der Waals surface area contributed by atoms with Gasteiger partial charge in [0.2, 0.25) is 5.91 Å². The van der Waals surface area contributed by atoms with Crippen LogP contribution in [0, 0.1) is 5.82 Å². The Kier molecular flexibility index (Phi) is 6.60. The molecule has 0 spiro atoms. The number of nitrogens with zero attached hydrogens (tertiary/aromatic N) is 1. The van der Waals surface area contributed by atoms with Gasteiger partial charge in [0.15, 0.2) is 0 Å². The second kappa shape index (κ2) is 9.32. The molecule has 0 aliphatic carbocycles. The van der Waals surface area contributed by atoms with Crippen LogP contribution in [-0.2, 0) is 4.79 Å². The number of hydrogen-bond acceptors (Lipinski definition) is 3. The summed E-state index contributed by atoms with van der Waals surface area (Å²) in [6, 6.07) is 14.5. The third-order valence-electron chi connectivity index (χ3n) is 4.91. The molecule has 148 valence electrons. The molecule has 3 rings (SSSR count). The number of carbonyl (C=O) groups is 2. The Morgan fingerprint density at radius 2 is 1.71 bits per heavy atom. The Morgan fingerprint density at radius 3 is 2.36 bits per heavy atom. The van der Waals surface area contributed by atoms with E-state index < -0.39 is 0 Å². The van der Waals surface area contributed by atoms with Gasteiger partial charge in [0.05, 0.1) is 0 Å². The molecule has 0 saturated carbocycles. The highest BCUT2D eigenvalue weighted by molar-refractivity contribution is 5.89. The van der Waals surface area contributed by atoms with Crippen LogP contribution in [0.1, 0.15) is 30.9 Å². The fourth-order valence-electron chi connectivity index (χ4n) is 3.29. The molecule has 1 saturated heterocycles. The van der Waals surface area contributed by atoms with Gasteiger partial charge in [0.25, 0.3) is 0 Å². The number of likely N-dealkylation sites (tertiary alicyclic amines) is 1. The summed E-state index contributed by atoms with van der Waals surface area (Å²) in [6.07, 6.45) is 1.64. The SMILES string of the molecule is NC(CC(=O)N1CCC(NC(=O)Nc2ccc(F)cc2)CC1)c1ccccc1. The monoisotopic (exact) mass is 384 g/mol. The fraction of sp³-hybridized carbons (Fsp3) is 0.333. The summed E-state index contributed by atoms with van der Waals surface area (Å²) in [5.41, 5.74) is 7.62. The Hall–Kier alpha value is -2.93. The average molecular weight is 384 g/mol. The molecule has 0 bridgehead atoms. The third-order valence-corrected chi connectivity index (χ3v) is 4.91. The molecule has 3 amide bonds. The summed E-state index contributed by atoms with van der Waals surface area (Å²) < 4.78 is 12.9. The van der Waals surface area contributed by atoms with Crippen LogP contribution in [0.5, 0.6) is 0 Å². The van der Waals surface area contributed by atoms with E-state index in [1.54, 1.807) is 4.90 Å². The first-order chi connectivity index (χ1) is 13.5. The van der Waals surface area contributed by atoms with Crippen molar-refractivity contribution in [2.24, 2.45) is 5.73 Å². The minimum absolute atomic E-state index is 0.00713. The van der Waals surface area contributed by atoms with E-state index in [-0.39, 0.29) is 36.3 Å². The lowest BCUT2D eigenvalue weighted by molar-refractivity contribution is -0.132. The van der Waals surface area contributed by atoms with Gasteiger partial charge in [-0.15, -0.1) is 0 Å². The second-order valence-electron chi connectivity index (χ2n) is 6.98. The van der Waals surface area contributed by atoms with Crippen LogP contribution in [0.2, 0.25) is 0 Å². The lowest BCUT2D eigenvalue weighted by Crippen LogP contribution is -2.47. The summed E-state index contributed by atoms with van der Waals surface area (Å²) in [7, 11) is 0. The molecule has 2 aromatic rings. The van der Waals surface area contributed by atoms with Crippen molar-refractivity contribution in [2.75, 3.05) is 18.4 Å². The molecule has 2 aromatic carbocycles. The molecule has 1 unspecified atom stereocenters. The van der Waals surface area contributed by atoms with Gasteiger partial charge in [0.1, 0.15) is 5.82 Å². The Bertz CT molecular complexity index is 790. The molecule has 1 atom stereocenters. The number of anilines is 1. The maximum absolute atomic E-state index is 12.9. The first-order valence-corrected chi connectivity index (χ1v) is 9.42. The highest BCUT2D eigenvalue weighted by Crippen LogP contribution is 2.18. The molecular weight excluding hydrogens is 359 g/mol. The molecule has 1 heterocycles. The quantitative estimate of drug-likeness (QED) is 0.740. The molecule has 1 fully saturated rings. The lowest BCUT2D eigenvalue weighted by Gasteiger charge is -2.33. The van der Waals surface area contributed by atoms with Crippen LogP contribution in [0.25, 0.3) is 0 Å². The minimum atomic E-state index is -0.352. The van der Waals surface area contributed by atoms with Crippen molar-refractivity contribution in [1.29, 1.82) is 0 Å². The molecule has 1 aliphatic rings. The third kappa shape index (κ3) is 5.53. The second-order valence-corrected chi connectivity index (χ2v) is 6.98. The van der Waals surface area contributed by atoms with Crippen LogP contribution in [0.15, 0.2) is 54.6 Å². The minimum Gasteiger partial charge on any atom is -0.342 e. The van der Waals surface area contributed by atoms with Crippen molar-refractivity contribution >= 4 is 17.6 Å². The van der Waals surface area contributed by atoms with Crippen LogP contribution < -0.4 is 16.4 Å². The summed E-state index contributed by atoms with van der Waals surface area (Å²) in [5, 5.41) is 5.58. The predicted molar refractivity (Wildman–Crippen MR) is 106 cm³/mol. The van der Waals surface area contributed by atoms with E-state index in [2.05, 4.69) is 10.6 Å². The van der Waals surface area contributed by atoms with Crippen LogP contribution in [-0.4, -0.2) is 36.0 Å². The van der Waals surface area contributed by atoms with Crippen LogP contribution in [0.4, 0.5) is 14.9 Å². The maximum atomic E-state index is 12.9. The van der Waals surface area contributed by atoms with Crippen LogP contribution >= 0.6 is 0 Å². The number of urea groups is 1. The van der Waals surface area contributed by atoms with E-state index in [0.717, 1.165) is 5.56 Å². The first-order valence-electron chi connectivity index (χ1n) is 9.42. The van der Waals surface area contributed by atoms with Crippen molar-refractivity contribution in [2.45, 2.75) is 31.3 Å². The molecular formula is C21H25FN4O2. The number of nitrogens with two attached hydrogens (primary N) is 1. The molecule has 7 heteroatoms. The Morgan fingerprint density at radius 1 is 1.07 bits per heavy atom. The molecule has 4 N–H and O–H groups in total. The number of benzene rings is 2. The normalized spacial score (nSPS) is 15.7. The van der Waals surface area contributed by atoms with Crippen LogP contribution in [0.3, 0.4) is 0 Å². The maximum Gasteiger partial charge on any atom is 0.319 e. The van der Waals surface area contributed by atoms with Gasteiger partial charge in [0, 0.05) is 37.3 Å². The number of amides is 3. The van der Waals surface area contributed by atoms with Crippen molar-refractivity contribution in [3.05, 3.63) is 66.0 Å². The van der Waals surface area contributed by atoms with E-state index in [1.165, 1.54) is 24.3 Å². The first kappa shape index (κ1) is 19.8. The zero-order valence-corrected chi connectivity index (χ0v) is 15.6. The molecule has 0 aromatic heterocycles. The molecule has 6 nitrogen and oxygen atoms in total. The van der Waals surface area contributed by atoms with E-state index in [0.29, 0.717) is 31.6 Å². The van der Waals surface area contributed by atoms with E-state index >= 15 is 0 Å². The van der Waals surface area contributed by atoms with Crippen molar-refractivity contribution in [3.63, 3.8) is 0 Å². The number of piperidine rings is 1. The zero-order valence-electron chi connectivity index (χ0n) is 15.6. The zero-order chi connectivity index (χ0) is 19.9. The number of rotatable bonds is 5. The Labute approximate surface area is 163 Å². The highest BCUT2D eigenvalue weighted by Gasteiger charge is 2.25. The highest BCUT2D eigenvalue weighted by atomic mass is 19.1. The van der Waals surface area contributed by atoms with Crippen molar-refractivity contribution in [3.8, 4) is 0 Å². The average Bonchev–Trinajstić information content (AvgIpc) is 2.71. The Balaban J connectivity index is 1.41. The van der Waals surface area contributed by atoms with E-state index in [9.17, 15) is 14.0 Å². The van der Waals surface area contributed by atoms with Gasteiger partial charge in [-0.25, -0.2) is 9.18 Å². The van der Waals surface area contributed by atoms with Gasteiger partial charge in [-0.2, -0.15) is 0 Å². The predicted octanol–water partition coefficient (Wildman–Crippen LogP) is 3.03. The number of carbonyl (C=O) groups excluding carboxylic acids is 2. The van der Waals surface area contributed by atoms with Gasteiger partial charge in [-0.05, 0) is 42.7 Å². The van der Waals surface area contributed by atoms with Crippen molar-refractivity contribution < 1.29 is 14.0 Å². The standard InChI is InChI=1S/C21H25FN4O2/c22-16-6-8-17(9-7-16)24-21(28)25-18-10-12-26(13-11-18)20(27)14-19(23)15-4-2-1-3-5-15/h1-9,18-19H,10-14,23H2,(H2,24,25,28). The summed E-state index contributed by atoms with van der Waals surface area (Å²) in [6.45, 7) is 1.17.